The minimum Gasteiger partial charge on any atom is -0.461 e. The van der Waals surface area contributed by atoms with E-state index in [-0.39, 0.29) is 32.8 Å². The molecule has 0 radical (unpaired) electrons. The van der Waals surface area contributed by atoms with Gasteiger partial charge in [0.25, 0.3) is 0 Å². The average Bonchev–Trinajstić information content (AvgIpc) is 3.10. The Morgan fingerprint density at radius 2 is 1.83 bits per heavy atom. The van der Waals surface area contributed by atoms with Crippen molar-refractivity contribution in [1.29, 1.82) is 0 Å². The Morgan fingerprint density at radius 1 is 1.12 bits per heavy atom. The molecular formula is C15H14BrCl2FN4O. The van der Waals surface area contributed by atoms with Crippen LogP contribution in [0.4, 0.5) is 4.39 Å². The Labute approximate surface area is 156 Å². The summed E-state index contributed by atoms with van der Waals surface area (Å²) in [6, 6.07) is 0.0636. The van der Waals surface area contributed by atoms with Crippen molar-refractivity contribution in [1.82, 2.24) is 19.9 Å². The number of pyridine rings is 1. The molecule has 0 bridgehead atoms. The lowest BCUT2D eigenvalue weighted by molar-refractivity contribution is 0.108. The van der Waals surface area contributed by atoms with Crippen molar-refractivity contribution >= 4 is 50.0 Å². The third-order valence-electron chi connectivity index (χ3n) is 4.92. The van der Waals surface area contributed by atoms with E-state index in [1.165, 1.54) is 12.8 Å². The van der Waals surface area contributed by atoms with E-state index >= 15 is 0 Å². The molecule has 4 rings (SSSR count). The monoisotopic (exact) mass is 434 g/mol. The van der Waals surface area contributed by atoms with E-state index in [2.05, 4.69) is 35.8 Å². The van der Waals surface area contributed by atoms with Crippen molar-refractivity contribution < 1.29 is 9.13 Å². The Kier molecular flexibility index (Phi) is 4.31. The molecule has 0 amide bonds. The maximum atomic E-state index is 14.3. The van der Waals surface area contributed by atoms with Gasteiger partial charge in [-0.05, 0) is 54.7 Å². The molecule has 4 heterocycles. The van der Waals surface area contributed by atoms with E-state index in [4.69, 9.17) is 27.9 Å². The van der Waals surface area contributed by atoms with E-state index in [1.54, 1.807) is 0 Å². The van der Waals surface area contributed by atoms with Crippen LogP contribution < -0.4 is 4.74 Å². The molecule has 0 unspecified atom stereocenters. The molecule has 9 heteroatoms. The molecule has 2 fully saturated rings. The van der Waals surface area contributed by atoms with Gasteiger partial charge in [0.15, 0.2) is 11.0 Å². The van der Waals surface area contributed by atoms with Crippen LogP contribution in [0.3, 0.4) is 0 Å². The number of aromatic nitrogens is 3. The predicted molar refractivity (Wildman–Crippen MR) is 93.3 cm³/mol. The van der Waals surface area contributed by atoms with Crippen LogP contribution in [0.2, 0.25) is 10.3 Å². The quantitative estimate of drug-likeness (QED) is 0.533. The summed E-state index contributed by atoms with van der Waals surface area (Å²) in [6.45, 7) is 2.69. The van der Waals surface area contributed by atoms with E-state index in [0.717, 1.165) is 25.9 Å². The zero-order chi connectivity index (χ0) is 16.9. The fraction of sp³-hybridized carbons (Fsp3) is 0.533. The van der Waals surface area contributed by atoms with Crippen molar-refractivity contribution in [3.05, 3.63) is 20.7 Å². The molecular weight excluding hydrogens is 422 g/mol. The number of fused-ring (bicyclic) bond motifs is 2. The lowest BCUT2D eigenvalue weighted by Gasteiger charge is -2.31. The van der Waals surface area contributed by atoms with Gasteiger partial charge >= 0.3 is 6.01 Å². The highest BCUT2D eigenvalue weighted by Crippen LogP contribution is 2.39. The molecule has 2 aromatic rings. The summed E-state index contributed by atoms with van der Waals surface area (Å²) in [5, 5.41) is 0.0935. The van der Waals surface area contributed by atoms with Crippen LogP contribution in [0.15, 0.2) is 4.60 Å². The predicted octanol–water partition coefficient (Wildman–Crippen LogP) is 4.24. The highest BCUT2D eigenvalue weighted by molar-refractivity contribution is 9.10. The maximum absolute atomic E-state index is 14.3. The number of halogens is 4. The standard InChI is InChI=1S/C15H14BrCl2FN4O/c16-11-8-10(9(19)13(18)21-11)20-14(22-12(8)17)24-7-15-3-1-5-23(15)6-2-4-15/h1-7H2. The van der Waals surface area contributed by atoms with Gasteiger partial charge in [-0.15, -0.1) is 0 Å². The van der Waals surface area contributed by atoms with Crippen LogP contribution in [-0.4, -0.2) is 45.1 Å². The maximum Gasteiger partial charge on any atom is 0.318 e. The van der Waals surface area contributed by atoms with E-state index in [1.807, 2.05) is 0 Å². The summed E-state index contributed by atoms with van der Waals surface area (Å²) in [5.41, 5.74) is 0.0591. The third-order valence-corrected chi connectivity index (χ3v) is 6.01. The fourth-order valence-corrected chi connectivity index (χ4v) is 4.96. The van der Waals surface area contributed by atoms with Crippen LogP contribution in [0, 0.1) is 5.82 Å². The van der Waals surface area contributed by atoms with Crippen molar-refractivity contribution in [2.24, 2.45) is 0 Å². The van der Waals surface area contributed by atoms with E-state index in [0.29, 0.717) is 11.2 Å². The SMILES string of the molecule is Fc1c(Cl)nc(Br)c2c(Cl)nc(OCC34CCCN3CCC4)nc12. The number of rotatable bonds is 3. The van der Waals surface area contributed by atoms with Gasteiger partial charge in [0.05, 0.1) is 10.9 Å². The second-order valence-electron chi connectivity index (χ2n) is 6.24. The Balaban J connectivity index is 1.67. The minimum absolute atomic E-state index is 0.00377. The van der Waals surface area contributed by atoms with Gasteiger partial charge in [0.1, 0.15) is 21.9 Å². The van der Waals surface area contributed by atoms with Gasteiger partial charge in [-0.3, -0.25) is 4.90 Å². The van der Waals surface area contributed by atoms with Crippen LogP contribution in [0.1, 0.15) is 25.7 Å². The van der Waals surface area contributed by atoms with Gasteiger partial charge in [-0.2, -0.15) is 9.97 Å². The first-order valence-corrected chi connectivity index (χ1v) is 9.31. The Morgan fingerprint density at radius 3 is 2.54 bits per heavy atom. The molecule has 0 aliphatic carbocycles. The molecule has 0 N–H and O–H groups in total. The largest absolute Gasteiger partial charge is 0.461 e. The molecule has 2 saturated heterocycles. The highest BCUT2D eigenvalue weighted by atomic mass is 79.9. The Bertz CT molecular complexity index is 812. The zero-order valence-corrected chi connectivity index (χ0v) is 15.8. The summed E-state index contributed by atoms with van der Waals surface area (Å²) >= 11 is 15.2. The van der Waals surface area contributed by atoms with E-state index < -0.39 is 5.82 Å². The third kappa shape index (κ3) is 2.66. The van der Waals surface area contributed by atoms with Gasteiger partial charge < -0.3 is 4.74 Å². The second kappa shape index (κ2) is 6.20. The first-order valence-electron chi connectivity index (χ1n) is 7.76. The first-order chi connectivity index (χ1) is 11.5. The summed E-state index contributed by atoms with van der Waals surface area (Å²) in [5.74, 6) is -0.731. The molecule has 0 spiro atoms. The van der Waals surface area contributed by atoms with Crippen LogP contribution in [-0.2, 0) is 0 Å². The number of nitrogens with zero attached hydrogens (tertiary/aromatic N) is 4. The van der Waals surface area contributed by atoms with Gasteiger partial charge in [-0.25, -0.2) is 9.37 Å². The molecule has 0 saturated carbocycles. The normalized spacial score (nSPS) is 19.8. The smallest absolute Gasteiger partial charge is 0.318 e. The second-order valence-corrected chi connectivity index (χ2v) is 7.70. The van der Waals surface area contributed by atoms with Crippen molar-refractivity contribution in [3.8, 4) is 6.01 Å². The van der Waals surface area contributed by atoms with Crippen LogP contribution in [0.5, 0.6) is 6.01 Å². The average molecular weight is 436 g/mol. The lowest BCUT2D eigenvalue weighted by Crippen LogP contribution is -2.43. The van der Waals surface area contributed by atoms with Gasteiger partial charge in [0.2, 0.25) is 0 Å². The Hall–Kier alpha value is -0.760. The summed E-state index contributed by atoms with van der Waals surface area (Å²) in [6.07, 6.45) is 4.55. The summed E-state index contributed by atoms with van der Waals surface area (Å²) in [7, 11) is 0. The number of ether oxygens (including phenoxy) is 1. The molecule has 2 aliphatic heterocycles. The molecule has 24 heavy (non-hydrogen) atoms. The zero-order valence-electron chi connectivity index (χ0n) is 12.7. The molecule has 2 aromatic heterocycles. The number of hydrogen-bond donors (Lipinski definition) is 0. The van der Waals surface area contributed by atoms with Gasteiger partial charge in [-0.1, -0.05) is 23.2 Å². The van der Waals surface area contributed by atoms with Gasteiger partial charge in [0, 0.05) is 0 Å². The summed E-state index contributed by atoms with van der Waals surface area (Å²) < 4.78 is 20.4. The molecule has 128 valence electrons. The molecule has 5 nitrogen and oxygen atoms in total. The van der Waals surface area contributed by atoms with Crippen molar-refractivity contribution in [2.75, 3.05) is 19.7 Å². The topological polar surface area (TPSA) is 51.1 Å². The fourth-order valence-electron chi connectivity index (χ4n) is 3.77. The molecule has 0 atom stereocenters. The number of hydrogen-bond acceptors (Lipinski definition) is 5. The summed E-state index contributed by atoms with van der Waals surface area (Å²) in [4.78, 5) is 14.6. The van der Waals surface area contributed by atoms with Crippen LogP contribution >= 0.6 is 39.1 Å². The minimum atomic E-state index is -0.731. The van der Waals surface area contributed by atoms with Crippen molar-refractivity contribution in [3.63, 3.8) is 0 Å². The first kappa shape index (κ1) is 16.7. The van der Waals surface area contributed by atoms with Crippen LogP contribution in [0.25, 0.3) is 10.9 Å². The lowest BCUT2D eigenvalue weighted by atomic mass is 9.95. The molecule has 0 aromatic carbocycles. The molecule has 2 aliphatic rings. The highest BCUT2D eigenvalue weighted by Gasteiger charge is 2.45. The van der Waals surface area contributed by atoms with Crippen molar-refractivity contribution in [2.45, 2.75) is 31.2 Å². The van der Waals surface area contributed by atoms with E-state index in [9.17, 15) is 4.39 Å².